The van der Waals surface area contributed by atoms with Crippen LogP contribution in [0.15, 0.2) is 53.1 Å². The van der Waals surface area contributed by atoms with Gasteiger partial charge in [0.2, 0.25) is 5.78 Å². The van der Waals surface area contributed by atoms with Gasteiger partial charge in [0.1, 0.15) is 10.6 Å². The first kappa shape index (κ1) is 21.7. The summed E-state index contributed by atoms with van der Waals surface area (Å²) in [6.45, 7) is 1.62. The van der Waals surface area contributed by atoms with Crippen LogP contribution >= 0.6 is 22.7 Å². The summed E-state index contributed by atoms with van der Waals surface area (Å²) in [5, 5.41) is 12.7. The van der Waals surface area contributed by atoms with Gasteiger partial charge in [0.25, 0.3) is 5.91 Å². The number of Topliss-reactive ketones (excluding diaryl/α,β-unsaturated/α-hetero) is 1. The summed E-state index contributed by atoms with van der Waals surface area (Å²) < 4.78 is 10.1. The number of ether oxygens (including phenoxy) is 2. The van der Waals surface area contributed by atoms with Crippen molar-refractivity contribution in [3.8, 4) is 5.75 Å². The molecule has 0 saturated carbocycles. The van der Waals surface area contributed by atoms with Gasteiger partial charge in [-0.3, -0.25) is 14.5 Å². The molecule has 4 rings (SSSR count). The Hall–Kier alpha value is -3.50. The number of hydrogen-bond donors (Lipinski definition) is 1. The number of carbonyl (C=O) groups is 3. The number of methoxy groups -OCH3 is 2. The number of nitrogens with zero attached hydrogens (tertiary/aromatic N) is 2. The maximum atomic E-state index is 13.3. The van der Waals surface area contributed by atoms with E-state index in [1.807, 2.05) is 0 Å². The zero-order valence-corrected chi connectivity index (χ0v) is 19.0. The lowest BCUT2D eigenvalue weighted by Gasteiger charge is -2.24. The number of aromatic nitrogens is 1. The van der Waals surface area contributed by atoms with Crippen LogP contribution in [0.1, 0.15) is 36.6 Å². The first-order valence-electron chi connectivity index (χ1n) is 9.42. The predicted octanol–water partition coefficient (Wildman–Crippen LogP) is 4.09. The number of benzene rings is 1. The van der Waals surface area contributed by atoms with Gasteiger partial charge < -0.3 is 14.6 Å². The van der Waals surface area contributed by atoms with Gasteiger partial charge in [-0.15, -0.1) is 11.3 Å². The predicted molar refractivity (Wildman–Crippen MR) is 120 cm³/mol. The number of anilines is 1. The lowest BCUT2D eigenvalue weighted by molar-refractivity contribution is -0.117. The first-order chi connectivity index (χ1) is 15.4. The van der Waals surface area contributed by atoms with Gasteiger partial charge in [-0.25, -0.2) is 9.78 Å². The normalized spacial score (nSPS) is 15.9. The van der Waals surface area contributed by atoms with E-state index in [-0.39, 0.29) is 15.6 Å². The minimum Gasteiger partial charge on any atom is -0.503 e. The van der Waals surface area contributed by atoms with Crippen molar-refractivity contribution in [1.29, 1.82) is 0 Å². The smallest absolute Gasteiger partial charge is 0.350 e. The Balaban J connectivity index is 1.89. The maximum Gasteiger partial charge on any atom is 0.350 e. The van der Waals surface area contributed by atoms with Crippen molar-refractivity contribution >= 4 is 45.5 Å². The molecule has 0 aliphatic carbocycles. The van der Waals surface area contributed by atoms with Crippen molar-refractivity contribution in [1.82, 2.24) is 4.98 Å². The molecular weight excluding hydrogens is 452 g/mol. The quantitative estimate of drug-likeness (QED) is 0.427. The molecule has 0 fully saturated rings. The third-order valence-electron chi connectivity index (χ3n) is 4.97. The number of thiazole rings is 1. The molecular formula is C22H18N2O6S2. The number of rotatable bonds is 6. The van der Waals surface area contributed by atoms with E-state index in [9.17, 15) is 19.5 Å². The standard InChI is InChI=1S/C22H18N2O6S2/c1-11-19(21(28)30-3)32-22(23-11)24-16(12-6-4-7-13(10-12)29-2)15(18(26)20(24)27)17(25)14-8-5-9-31-14/h4-10,16,26H,1-3H3/t16-/m0/s1. The molecule has 0 saturated heterocycles. The van der Waals surface area contributed by atoms with E-state index in [2.05, 4.69) is 4.98 Å². The van der Waals surface area contributed by atoms with Gasteiger partial charge in [-0.2, -0.15) is 0 Å². The number of ketones is 1. The van der Waals surface area contributed by atoms with E-state index in [0.29, 0.717) is 21.9 Å². The highest BCUT2D eigenvalue weighted by atomic mass is 32.1. The van der Waals surface area contributed by atoms with Crippen LogP contribution < -0.4 is 9.64 Å². The number of aliphatic hydroxyl groups excluding tert-OH is 1. The molecule has 1 aliphatic rings. The first-order valence-corrected chi connectivity index (χ1v) is 11.1. The molecule has 1 atom stereocenters. The van der Waals surface area contributed by atoms with Crippen molar-refractivity contribution in [2.75, 3.05) is 19.1 Å². The van der Waals surface area contributed by atoms with Crippen LogP contribution in [0.5, 0.6) is 5.75 Å². The highest BCUT2D eigenvalue weighted by molar-refractivity contribution is 7.17. The number of aryl methyl sites for hydroxylation is 1. The minimum atomic E-state index is -0.955. The Bertz CT molecular complexity index is 1250. The summed E-state index contributed by atoms with van der Waals surface area (Å²) >= 11 is 2.17. The summed E-state index contributed by atoms with van der Waals surface area (Å²) in [5.41, 5.74) is 0.874. The number of thiophene rings is 1. The van der Waals surface area contributed by atoms with E-state index >= 15 is 0 Å². The Kier molecular flexibility index (Phi) is 5.81. The van der Waals surface area contributed by atoms with Crippen molar-refractivity contribution in [2.45, 2.75) is 13.0 Å². The molecule has 1 N–H and O–H groups in total. The molecule has 3 aromatic rings. The molecule has 164 valence electrons. The number of carbonyl (C=O) groups excluding carboxylic acids is 3. The third-order valence-corrected chi connectivity index (χ3v) is 6.97. The van der Waals surface area contributed by atoms with E-state index in [1.54, 1.807) is 48.7 Å². The van der Waals surface area contributed by atoms with Crippen LogP contribution in [0, 0.1) is 6.92 Å². The maximum absolute atomic E-state index is 13.3. The molecule has 10 heteroatoms. The van der Waals surface area contributed by atoms with E-state index in [0.717, 1.165) is 11.3 Å². The van der Waals surface area contributed by atoms with E-state index in [1.165, 1.54) is 30.5 Å². The highest BCUT2D eigenvalue weighted by Gasteiger charge is 2.46. The average Bonchev–Trinajstić information content (AvgIpc) is 3.52. The van der Waals surface area contributed by atoms with Gasteiger partial charge in [0, 0.05) is 0 Å². The van der Waals surface area contributed by atoms with Crippen LogP contribution in [-0.4, -0.2) is 42.0 Å². The molecule has 32 heavy (non-hydrogen) atoms. The molecule has 2 aromatic heterocycles. The van der Waals surface area contributed by atoms with Crippen molar-refractivity contribution in [3.63, 3.8) is 0 Å². The molecule has 8 nitrogen and oxygen atoms in total. The Morgan fingerprint density at radius 3 is 2.62 bits per heavy atom. The SMILES string of the molecule is COC(=O)c1sc(N2C(=O)C(O)=C(C(=O)c3cccs3)[C@@H]2c2cccc(OC)c2)nc1C. The monoisotopic (exact) mass is 470 g/mol. The zero-order valence-electron chi connectivity index (χ0n) is 17.3. The summed E-state index contributed by atoms with van der Waals surface area (Å²) in [5.74, 6) is -1.94. The van der Waals surface area contributed by atoms with Crippen LogP contribution in [0.2, 0.25) is 0 Å². The Labute approximate surface area is 191 Å². The molecule has 0 radical (unpaired) electrons. The van der Waals surface area contributed by atoms with Crippen LogP contribution in [0.3, 0.4) is 0 Å². The highest BCUT2D eigenvalue weighted by Crippen LogP contribution is 2.44. The summed E-state index contributed by atoms with van der Waals surface area (Å²) in [7, 11) is 2.76. The number of hydrogen-bond acceptors (Lipinski definition) is 9. The topological polar surface area (TPSA) is 106 Å². The van der Waals surface area contributed by atoms with Gasteiger partial charge >= 0.3 is 5.97 Å². The average molecular weight is 471 g/mol. The van der Waals surface area contributed by atoms with E-state index in [4.69, 9.17) is 9.47 Å². The largest absolute Gasteiger partial charge is 0.503 e. The van der Waals surface area contributed by atoms with E-state index < -0.39 is 29.5 Å². The lowest BCUT2D eigenvalue weighted by Crippen LogP contribution is -2.31. The van der Waals surface area contributed by atoms with Crippen LogP contribution in [0.25, 0.3) is 0 Å². The fraction of sp³-hybridized carbons (Fsp3) is 0.182. The Morgan fingerprint density at radius 2 is 1.97 bits per heavy atom. The number of amides is 1. The van der Waals surface area contributed by atoms with Gasteiger partial charge in [0.15, 0.2) is 10.9 Å². The Morgan fingerprint density at radius 1 is 1.19 bits per heavy atom. The minimum absolute atomic E-state index is 0.0572. The van der Waals surface area contributed by atoms with Crippen LogP contribution in [0.4, 0.5) is 5.13 Å². The summed E-state index contributed by atoms with van der Waals surface area (Å²) in [4.78, 5) is 44.8. The van der Waals surface area contributed by atoms with Crippen molar-refractivity contribution < 1.29 is 29.0 Å². The number of aliphatic hydroxyl groups is 1. The molecule has 0 unspecified atom stereocenters. The molecule has 3 heterocycles. The molecule has 1 aromatic carbocycles. The molecule has 1 aliphatic heterocycles. The molecule has 1 amide bonds. The van der Waals surface area contributed by atoms with Crippen molar-refractivity contribution in [2.24, 2.45) is 0 Å². The fourth-order valence-corrected chi connectivity index (χ4v) is 5.16. The molecule has 0 spiro atoms. The van der Waals surface area contributed by atoms with Gasteiger partial charge in [0.05, 0.1) is 36.4 Å². The summed E-state index contributed by atoms with van der Waals surface area (Å²) in [6, 6.07) is 9.28. The number of esters is 1. The van der Waals surface area contributed by atoms with Gasteiger partial charge in [-0.1, -0.05) is 29.5 Å². The third kappa shape index (κ3) is 3.57. The second kappa shape index (κ2) is 8.56. The molecule has 0 bridgehead atoms. The van der Waals surface area contributed by atoms with Gasteiger partial charge in [-0.05, 0) is 36.1 Å². The summed E-state index contributed by atoms with van der Waals surface area (Å²) in [6.07, 6.45) is 0. The second-order valence-corrected chi connectivity index (χ2v) is 8.75. The second-order valence-electron chi connectivity index (χ2n) is 6.83. The fourth-order valence-electron chi connectivity index (χ4n) is 3.47. The zero-order chi connectivity index (χ0) is 23.0. The van der Waals surface area contributed by atoms with Crippen LogP contribution in [-0.2, 0) is 9.53 Å². The van der Waals surface area contributed by atoms with Crippen molar-refractivity contribution in [3.05, 3.63) is 74.1 Å². The lowest BCUT2D eigenvalue weighted by atomic mass is 9.95.